The smallest absolute Gasteiger partial charge is 0.138 e. The van der Waals surface area contributed by atoms with E-state index in [-0.39, 0.29) is 0 Å². The summed E-state index contributed by atoms with van der Waals surface area (Å²) < 4.78 is 0. The summed E-state index contributed by atoms with van der Waals surface area (Å²) in [6.07, 6.45) is 1.88. The number of hydrogen-bond acceptors (Lipinski definition) is 3. The molecule has 2 nitrogen and oxygen atoms in total. The van der Waals surface area contributed by atoms with Gasteiger partial charge in [-0.3, -0.25) is 0 Å². The maximum absolute atomic E-state index is 4.37. The van der Waals surface area contributed by atoms with E-state index in [1.165, 1.54) is 5.56 Å². The quantitative estimate of drug-likeness (QED) is 0.714. The third-order valence-corrected chi connectivity index (χ3v) is 3.57. The highest BCUT2D eigenvalue weighted by Crippen LogP contribution is 2.24. The number of aromatic amines is 1. The van der Waals surface area contributed by atoms with Gasteiger partial charge in [0.2, 0.25) is 0 Å². The first-order chi connectivity index (χ1) is 7.43. The molecule has 3 heterocycles. The van der Waals surface area contributed by atoms with Gasteiger partial charge in [-0.15, -0.1) is 0 Å². The minimum absolute atomic E-state index is 0.942. The van der Waals surface area contributed by atoms with E-state index in [0.29, 0.717) is 0 Å². The summed E-state index contributed by atoms with van der Waals surface area (Å²) in [5, 5.41) is 8.34. The third kappa shape index (κ3) is 1.62. The number of nitrogens with zero attached hydrogens (tertiary/aromatic N) is 1. The SMILES string of the molecule is c1cc(-c2cnc(-c3ccsc3)[nH]2)cs1. The van der Waals surface area contributed by atoms with Crippen LogP contribution in [0.3, 0.4) is 0 Å². The second-order valence-corrected chi connectivity index (χ2v) is 4.73. The lowest BCUT2D eigenvalue weighted by Gasteiger charge is -1.90. The molecule has 0 amide bonds. The number of thiophene rings is 2. The van der Waals surface area contributed by atoms with Crippen molar-refractivity contribution >= 4 is 22.7 Å². The molecular weight excluding hydrogens is 224 g/mol. The summed E-state index contributed by atoms with van der Waals surface area (Å²) in [6.45, 7) is 0. The van der Waals surface area contributed by atoms with Crippen molar-refractivity contribution in [2.24, 2.45) is 0 Å². The van der Waals surface area contributed by atoms with Gasteiger partial charge in [0, 0.05) is 21.9 Å². The van der Waals surface area contributed by atoms with Crippen LogP contribution in [-0.4, -0.2) is 9.97 Å². The van der Waals surface area contributed by atoms with Gasteiger partial charge in [-0.05, 0) is 22.9 Å². The molecule has 4 heteroatoms. The molecule has 15 heavy (non-hydrogen) atoms. The number of hydrogen-bond donors (Lipinski definition) is 1. The Morgan fingerprint density at radius 3 is 2.40 bits per heavy atom. The summed E-state index contributed by atoms with van der Waals surface area (Å²) >= 11 is 3.38. The molecule has 0 aliphatic heterocycles. The minimum atomic E-state index is 0.942. The van der Waals surface area contributed by atoms with Crippen molar-refractivity contribution in [2.75, 3.05) is 0 Å². The first kappa shape index (κ1) is 8.88. The molecule has 0 radical (unpaired) electrons. The van der Waals surface area contributed by atoms with Crippen LogP contribution >= 0.6 is 22.7 Å². The van der Waals surface area contributed by atoms with Gasteiger partial charge >= 0.3 is 0 Å². The number of nitrogens with one attached hydrogen (secondary N) is 1. The molecular formula is C11H8N2S2. The van der Waals surface area contributed by atoms with Gasteiger partial charge in [0.25, 0.3) is 0 Å². The fraction of sp³-hybridized carbons (Fsp3) is 0. The molecule has 0 aliphatic rings. The van der Waals surface area contributed by atoms with E-state index in [9.17, 15) is 0 Å². The van der Waals surface area contributed by atoms with E-state index in [2.05, 4.69) is 43.6 Å². The van der Waals surface area contributed by atoms with Crippen molar-refractivity contribution in [3.05, 3.63) is 39.8 Å². The van der Waals surface area contributed by atoms with Crippen molar-refractivity contribution in [1.82, 2.24) is 9.97 Å². The highest BCUT2D eigenvalue weighted by molar-refractivity contribution is 7.08. The Balaban J connectivity index is 2.02. The van der Waals surface area contributed by atoms with Crippen molar-refractivity contribution in [3.8, 4) is 22.6 Å². The maximum Gasteiger partial charge on any atom is 0.138 e. The van der Waals surface area contributed by atoms with Crippen molar-refractivity contribution in [3.63, 3.8) is 0 Å². The molecule has 0 spiro atoms. The van der Waals surface area contributed by atoms with Crippen LogP contribution in [0.1, 0.15) is 0 Å². The maximum atomic E-state index is 4.37. The Kier molecular flexibility index (Phi) is 2.16. The van der Waals surface area contributed by atoms with Gasteiger partial charge in [0.1, 0.15) is 5.82 Å². The fourth-order valence-electron chi connectivity index (χ4n) is 1.43. The van der Waals surface area contributed by atoms with Crippen LogP contribution in [0, 0.1) is 0 Å². The summed E-state index contributed by atoms with van der Waals surface area (Å²) in [5.74, 6) is 0.942. The number of H-pyrrole nitrogens is 1. The Labute approximate surface area is 95.3 Å². The van der Waals surface area contributed by atoms with Crippen LogP contribution in [0.2, 0.25) is 0 Å². The van der Waals surface area contributed by atoms with Crippen LogP contribution < -0.4 is 0 Å². The van der Waals surface area contributed by atoms with Crippen molar-refractivity contribution in [1.29, 1.82) is 0 Å². The molecule has 74 valence electrons. The van der Waals surface area contributed by atoms with Crippen LogP contribution in [0.4, 0.5) is 0 Å². The Morgan fingerprint density at radius 2 is 1.73 bits per heavy atom. The zero-order chi connectivity index (χ0) is 10.1. The molecule has 0 saturated carbocycles. The molecule has 3 rings (SSSR count). The van der Waals surface area contributed by atoms with Gasteiger partial charge in [0.05, 0.1) is 11.9 Å². The topological polar surface area (TPSA) is 28.7 Å². The molecule has 0 bridgehead atoms. The predicted octanol–water partition coefficient (Wildman–Crippen LogP) is 3.87. The lowest BCUT2D eigenvalue weighted by atomic mass is 10.3. The third-order valence-electron chi connectivity index (χ3n) is 2.20. The molecule has 0 atom stereocenters. The minimum Gasteiger partial charge on any atom is -0.338 e. The molecule has 0 fully saturated rings. The van der Waals surface area contributed by atoms with E-state index in [1.807, 2.05) is 6.20 Å². The van der Waals surface area contributed by atoms with E-state index in [0.717, 1.165) is 17.1 Å². The van der Waals surface area contributed by atoms with Gasteiger partial charge < -0.3 is 4.98 Å². The first-order valence-electron chi connectivity index (χ1n) is 4.53. The summed E-state index contributed by atoms with van der Waals surface area (Å²) in [4.78, 5) is 7.69. The zero-order valence-electron chi connectivity index (χ0n) is 7.81. The molecule has 3 aromatic heterocycles. The standard InChI is InChI=1S/C11H8N2S2/c1-3-14-6-8(1)10-5-12-11(13-10)9-2-4-15-7-9/h1-7H,(H,12,13). The van der Waals surface area contributed by atoms with Gasteiger partial charge in [-0.1, -0.05) is 0 Å². The first-order valence-corrected chi connectivity index (χ1v) is 6.42. The lowest BCUT2D eigenvalue weighted by molar-refractivity contribution is 1.32. The van der Waals surface area contributed by atoms with Gasteiger partial charge in [-0.2, -0.15) is 22.7 Å². The van der Waals surface area contributed by atoms with Crippen LogP contribution in [-0.2, 0) is 0 Å². The summed E-state index contributed by atoms with van der Waals surface area (Å²) in [6, 6.07) is 4.16. The van der Waals surface area contributed by atoms with E-state index in [4.69, 9.17) is 0 Å². The normalized spacial score (nSPS) is 10.7. The number of rotatable bonds is 2. The number of imidazole rings is 1. The Bertz CT molecular complexity index is 486. The zero-order valence-corrected chi connectivity index (χ0v) is 9.44. The van der Waals surface area contributed by atoms with Crippen LogP contribution in [0.25, 0.3) is 22.6 Å². The second-order valence-electron chi connectivity index (χ2n) is 3.17. The molecule has 3 aromatic rings. The number of aromatic nitrogens is 2. The average Bonchev–Trinajstić information content (AvgIpc) is 3.02. The lowest BCUT2D eigenvalue weighted by Crippen LogP contribution is -1.76. The van der Waals surface area contributed by atoms with Crippen molar-refractivity contribution < 1.29 is 0 Å². The predicted molar refractivity (Wildman–Crippen MR) is 65.2 cm³/mol. The molecule has 0 unspecified atom stereocenters. The second kappa shape index (κ2) is 3.64. The Hall–Kier alpha value is -1.39. The van der Waals surface area contributed by atoms with Crippen LogP contribution in [0.5, 0.6) is 0 Å². The van der Waals surface area contributed by atoms with E-state index < -0.39 is 0 Å². The van der Waals surface area contributed by atoms with Crippen LogP contribution in [0.15, 0.2) is 39.8 Å². The monoisotopic (exact) mass is 232 g/mol. The molecule has 1 N–H and O–H groups in total. The van der Waals surface area contributed by atoms with Crippen molar-refractivity contribution in [2.45, 2.75) is 0 Å². The van der Waals surface area contributed by atoms with Gasteiger partial charge in [-0.25, -0.2) is 4.98 Å². The average molecular weight is 232 g/mol. The summed E-state index contributed by atoms with van der Waals surface area (Å²) in [7, 11) is 0. The highest BCUT2D eigenvalue weighted by atomic mass is 32.1. The van der Waals surface area contributed by atoms with Gasteiger partial charge in [0.15, 0.2) is 0 Å². The highest BCUT2D eigenvalue weighted by Gasteiger charge is 2.05. The fourth-order valence-corrected chi connectivity index (χ4v) is 2.73. The summed E-state index contributed by atoms with van der Waals surface area (Å²) in [5.41, 5.74) is 3.44. The van der Waals surface area contributed by atoms with E-state index in [1.54, 1.807) is 22.7 Å². The largest absolute Gasteiger partial charge is 0.338 e. The van der Waals surface area contributed by atoms with E-state index >= 15 is 0 Å². The Morgan fingerprint density at radius 1 is 1.00 bits per heavy atom. The molecule has 0 aliphatic carbocycles. The molecule has 0 saturated heterocycles. The molecule has 0 aromatic carbocycles.